The van der Waals surface area contributed by atoms with Gasteiger partial charge in [0.1, 0.15) is 5.15 Å². The van der Waals surface area contributed by atoms with Crippen LogP contribution in [0.1, 0.15) is 29.6 Å². The van der Waals surface area contributed by atoms with Crippen LogP contribution in [0.5, 0.6) is 0 Å². The van der Waals surface area contributed by atoms with E-state index in [1.807, 2.05) is 0 Å². The van der Waals surface area contributed by atoms with E-state index >= 15 is 0 Å². The number of hydrogen-bond acceptors (Lipinski definition) is 3. The van der Waals surface area contributed by atoms with Crippen molar-refractivity contribution in [3.05, 3.63) is 27.5 Å². The van der Waals surface area contributed by atoms with Crippen LogP contribution in [-0.4, -0.2) is 42.0 Å². The minimum Gasteiger partial charge on any atom is -0.352 e. The van der Waals surface area contributed by atoms with E-state index < -0.39 is 0 Å². The lowest BCUT2D eigenvalue weighted by Crippen LogP contribution is -2.28. The van der Waals surface area contributed by atoms with Gasteiger partial charge >= 0.3 is 0 Å². The highest BCUT2D eigenvalue weighted by Crippen LogP contribution is 2.17. The molecule has 1 aromatic heterocycles. The number of nitrogens with one attached hydrogen (secondary N) is 1. The smallest absolute Gasteiger partial charge is 0.254 e. The fourth-order valence-corrected chi connectivity index (χ4v) is 2.71. The van der Waals surface area contributed by atoms with Gasteiger partial charge in [-0.1, -0.05) is 11.6 Å². The van der Waals surface area contributed by atoms with Crippen LogP contribution < -0.4 is 5.32 Å². The van der Waals surface area contributed by atoms with Gasteiger partial charge in [0, 0.05) is 17.2 Å². The molecule has 0 bridgehead atoms. The van der Waals surface area contributed by atoms with Crippen molar-refractivity contribution < 1.29 is 4.79 Å². The maximum Gasteiger partial charge on any atom is 0.254 e. The lowest BCUT2D eigenvalue weighted by atomic mass is 10.2. The molecule has 1 aromatic rings. The summed E-state index contributed by atoms with van der Waals surface area (Å²) in [5.74, 6) is -0.166. The van der Waals surface area contributed by atoms with Crippen molar-refractivity contribution in [2.45, 2.75) is 19.3 Å². The van der Waals surface area contributed by atoms with Crippen molar-refractivity contribution in [2.24, 2.45) is 0 Å². The average Bonchev–Trinajstić information content (AvgIpc) is 2.90. The molecular formula is C13H17BrClN3O. The Hall–Kier alpha value is -0.650. The predicted molar refractivity (Wildman–Crippen MR) is 79.6 cm³/mol. The molecule has 6 heteroatoms. The van der Waals surface area contributed by atoms with E-state index in [-0.39, 0.29) is 11.1 Å². The second-order valence-corrected chi connectivity index (χ2v) is 5.92. The third kappa shape index (κ3) is 4.44. The quantitative estimate of drug-likeness (QED) is 0.658. The standard InChI is InChI=1S/C13H17BrClN3O/c14-10-8-11(12(15)17-9-10)13(19)16-4-3-7-18-5-1-2-6-18/h8-9H,1-7H2,(H,16,19). The Bertz CT molecular complexity index is 450. The van der Waals surface area contributed by atoms with Gasteiger partial charge in [0.15, 0.2) is 0 Å². The summed E-state index contributed by atoms with van der Waals surface area (Å²) in [6.07, 6.45) is 5.13. The second kappa shape index (κ2) is 7.22. The van der Waals surface area contributed by atoms with Crippen LogP contribution in [0.3, 0.4) is 0 Å². The topological polar surface area (TPSA) is 45.2 Å². The summed E-state index contributed by atoms with van der Waals surface area (Å²) in [4.78, 5) is 18.3. The van der Waals surface area contributed by atoms with Gasteiger partial charge in [-0.05, 0) is 60.9 Å². The van der Waals surface area contributed by atoms with Gasteiger partial charge in [-0.15, -0.1) is 0 Å². The first-order chi connectivity index (χ1) is 9.16. The van der Waals surface area contributed by atoms with Crippen LogP contribution in [0.4, 0.5) is 0 Å². The summed E-state index contributed by atoms with van der Waals surface area (Å²) in [7, 11) is 0. The van der Waals surface area contributed by atoms with Crippen LogP contribution in [-0.2, 0) is 0 Å². The number of aromatic nitrogens is 1. The number of likely N-dealkylation sites (tertiary alicyclic amines) is 1. The molecule has 19 heavy (non-hydrogen) atoms. The zero-order chi connectivity index (χ0) is 13.7. The van der Waals surface area contributed by atoms with E-state index in [2.05, 4.69) is 31.1 Å². The first kappa shape index (κ1) is 14.8. The molecule has 0 spiro atoms. The average molecular weight is 347 g/mol. The molecule has 1 saturated heterocycles. The Morgan fingerprint density at radius 2 is 2.21 bits per heavy atom. The molecule has 2 heterocycles. The molecular weight excluding hydrogens is 330 g/mol. The van der Waals surface area contributed by atoms with E-state index in [9.17, 15) is 4.79 Å². The third-order valence-corrected chi connectivity index (χ3v) is 3.92. The molecule has 0 saturated carbocycles. The van der Waals surface area contributed by atoms with E-state index in [0.29, 0.717) is 12.1 Å². The summed E-state index contributed by atoms with van der Waals surface area (Å²) < 4.78 is 0.749. The zero-order valence-corrected chi connectivity index (χ0v) is 13.0. The lowest BCUT2D eigenvalue weighted by Gasteiger charge is -2.14. The number of carbonyl (C=O) groups is 1. The number of nitrogens with zero attached hydrogens (tertiary/aromatic N) is 2. The van der Waals surface area contributed by atoms with Gasteiger partial charge in [0.2, 0.25) is 0 Å². The third-order valence-electron chi connectivity index (χ3n) is 3.19. The monoisotopic (exact) mass is 345 g/mol. The van der Waals surface area contributed by atoms with Crippen molar-refractivity contribution >= 4 is 33.4 Å². The van der Waals surface area contributed by atoms with E-state index in [1.165, 1.54) is 25.9 Å². The normalized spacial score (nSPS) is 15.7. The van der Waals surface area contributed by atoms with Crippen LogP contribution >= 0.6 is 27.5 Å². The number of rotatable bonds is 5. The van der Waals surface area contributed by atoms with Crippen LogP contribution in [0.15, 0.2) is 16.7 Å². The minimum atomic E-state index is -0.166. The molecule has 0 atom stereocenters. The van der Waals surface area contributed by atoms with Gasteiger partial charge in [-0.3, -0.25) is 4.79 Å². The summed E-state index contributed by atoms with van der Waals surface area (Å²) in [6, 6.07) is 1.69. The minimum absolute atomic E-state index is 0.166. The highest BCUT2D eigenvalue weighted by molar-refractivity contribution is 9.10. The molecule has 1 amide bonds. The van der Waals surface area contributed by atoms with Crippen molar-refractivity contribution in [1.82, 2.24) is 15.2 Å². The molecule has 1 N–H and O–H groups in total. The van der Waals surface area contributed by atoms with Crippen molar-refractivity contribution in [3.63, 3.8) is 0 Å². The Labute approximate surface area is 126 Å². The Morgan fingerprint density at radius 1 is 1.47 bits per heavy atom. The molecule has 0 unspecified atom stereocenters. The fourth-order valence-electron chi connectivity index (χ4n) is 2.19. The van der Waals surface area contributed by atoms with Crippen LogP contribution in [0.25, 0.3) is 0 Å². The first-order valence-corrected chi connectivity index (χ1v) is 7.65. The molecule has 0 aliphatic carbocycles. The Balaban J connectivity index is 1.75. The van der Waals surface area contributed by atoms with Gasteiger partial charge in [-0.25, -0.2) is 4.98 Å². The fraction of sp³-hybridized carbons (Fsp3) is 0.538. The number of carbonyl (C=O) groups excluding carboxylic acids is 1. The first-order valence-electron chi connectivity index (χ1n) is 6.48. The van der Waals surface area contributed by atoms with Crippen LogP contribution in [0, 0.1) is 0 Å². The second-order valence-electron chi connectivity index (χ2n) is 4.65. The maximum atomic E-state index is 11.9. The zero-order valence-electron chi connectivity index (χ0n) is 10.7. The number of pyridine rings is 1. The molecule has 4 nitrogen and oxygen atoms in total. The maximum absolute atomic E-state index is 11.9. The van der Waals surface area contributed by atoms with Gasteiger partial charge in [0.25, 0.3) is 5.91 Å². The van der Waals surface area contributed by atoms with Crippen molar-refractivity contribution in [3.8, 4) is 0 Å². The van der Waals surface area contributed by atoms with E-state index in [1.54, 1.807) is 12.3 Å². The van der Waals surface area contributed by atoms with Crippen LogP contribution in [0.2, 0.25) is 5.15 Å². The molecule has 1 aliphatic heterocycles. The summed E-state index contributed by atoms with van der Waals surface area (Å²) >= 11 is 9.19. The SMILES string of the molecule is O=C(NCCCN1CCCC1)c1cc(Br)cnc1Cl. The summed E-state index contributed by atoms with van der Waals surface area (Å²) in [6.45, 7) is 4.09. The van der Waals surface area contributed by atoms with Gasteiger partial charge in [-0.2, -0.15) is 0 Å². The number of hydrogen-bond donors (Lipinski definition) is 1. The highest BCUT2D eigenvalue weighted by atomic mass is 79.9. The molecule has 0 aromatic carbocycles. The highest BCUT2D eigenvalue weighted by Gasteiger charge is 2.13. The number of amides is 1. The molecule has 1 fully saturated rings. The lowest BCUT2D eigenvalue weighted by molar-refractivity contribution is 0.0952. The van der Waals surface area contributed by atoms with Gasteiger partial charge < -0.3 is 10.2 Å². The molecule has 1 aliphatic rings. The van der Waals surface area contributed by atoms with E-state index in [0.717, 1.165) is 17.4 Å². The molecule has 0 radical (unpaired) electrons. The van der Waals surface area contributed by atoms with Crippen molar-refractivity contribution in [1.29, 1.82) is 0 Å². The van der Waals surface area contributed by atoms with Crippen molar-refractivity contribution in [2.75, 3.05) is 26.2 Å². The molecule has 104 valence electrons. The van der Waals surface area contributed by atoms with Gasteiger partial charge in [0.05, 0.1) is 5.56 Å². The van der Waals surface area contributed by atoms with E-state index in [4.69, 9.17) is 11.6 Å². The molecule has 2 rings (SSSR count). The Morgan fingerprint density at radius 3 is 2.95 bits per heavy atom. The summed E-state index contributed by atoms with van der Waals surface area (Å²) in [5.41, 5.74) is 0.414. The Kier molecular flexibility index (Phi) is 5.60. The predicted octanol–water partition coefficient (Wildman–Crippen LogP) is 2.71. The summed E-state index contributed by atoms with van der Waals surface area (Å²) in [5, 5.41) is 3.12. The largest absolute Gasteiger partial charge is 0.352 e. The number of halogens is 2.